The lowest BCUT2D eigenvalue weighted by molar-refractivity contribution is -0.124. The van der Waals surface area contributed by atoms with E-state index in [2.05, 4.69) is 19.6 Å². The first-order valence-electron chi connectivity index (χ1n) is 12.3. The summed E-state index contributed by atoms with van der Waals surface area (Å²) in [5.74, 6) is -1.22. The predicted octanol–water partition coefficient (Wildman–Crippen LogP) is 4.53. The Labute approximate surface area is 227 Å². The van der Waals surface area contributed by atoms with Crippen LogP contribution in [0.1, 0.15) is 39.2 Å². The van der Waals surface area contributed by atoms with Gasteiger partial charge in [-0.1, -0.05) is 13.8 Å². The molecule has 2 aromatic carbocycles. The number of fused-ring (bicyclic) bond motifs is 6. The molecule has 1 unspecified atom stereocenters. The number of anilines is 2. The first kappa shape index (κ1) is 28.2. The Morgan fingerprint density at radius 3 is 2.51 bits per heavy atom. The van der Waals surface area contributed by atoms with Gasteiger partial charge in [0.15, 0.2) is 11.4 Å². The molecule has 0 saturated carbocycles. The third kappa shape index (κ3) is 5.95. The summed E-state index contributed by atoms with van der Waals surface area (Å²) in [5.41, 5.74) is 4.59. The summed E-state index contributed by atoms with van der Waals surface area (Å²) in [6.07, 6.45) is 3.63. The minimum Gasteiger partial charge on any atom is -0.494 e. The van der Waals surface area contributed by atoms with Crippen molar-refractivity contribution in [2.24, 2.45) is 10.1 Å². The van der Waals surface area contributed by atoms with Gasteiger partial charge in [0.05, 0.1) is 19.4 Å². The molecule has 0 spiro atoms. The molecule has 1 aromatic heterocycles. The van der Waals surface area contributed by atoms with Crippen molar-refractivity contribution in [1.82, 2.24) is 9.97 Å². The van der Waals surface area contributed by atoms with E-state index in [1.807, 2.05) is 0 Å². The number of nitrogens with one attached hydrogen (secondary N) is 1. The molecule has 3 N–H and O–H groups in total. The predicted molar refractivity (Wildman–Crippen MR) is 146 cm³/mol. The van der Waals surface area contributed by atoms with E-state index in [0.29, 0.717) is 36.4 Å². The summed E-state index contributed by atoms with van der Waals surface area (Å²) in [4.78, 5) is 21.0. The molecule has 4 bridgehead atoms. The van der Waals surface area contributed by atoms with Gasteiger partial charge in [0.2, 0.25) is 11.9 Å². The standard InChI is InChI=1S/C27H31F2N5O4S/c1-26(2,27(3,24(30)35)34-39(4)36)16-11-18-14-19(12-16)37-9-5-6-10-38-22-13-17(28)7-8-20(22)23-21(29)15-31-25(32-18)33-23/h7-8,11-15,39H,5-6,9-10H2,1-4H3,(H2,30,35)(H,31,32,33)/t27-/m1/s1. The molecule has 3 aromatic rings. The number of amides is 1. The zero-order valence-electron chi connectivity index (χ0n) is 22.1. The Bertz CT molecular complexity index is 1490. The van der Waals surface area contributed by atoms with Gasteiger partial charge in [0.25, 0.3) is 0 Å². The normalized spacial score (nSPS) is 16.3. The van der Waals surface area contributed by atoms with Crippen molar-refractivity contribution >= 4 is 28.1 Å². The minimum absolute atomic E-state index is 0.0582. The van der Waals surface area contributed by atoms with Gasteiger partial charge in [-0.2, -0.15) is 0 Å². The average Bonchev–Trinajstić information content (AvgIpc) is 2.86. The summed E-state index contributed by atoms with van der Waals surface area (Å²) in [6.45, 7) is 5.72. The molecule has 12 heteroatoms. The van der Waals surface area contributed by atoms with Gasteiger partial charge in [-0.3, -0.25) is 9.00 Å². The van der Waals surface area contributed by atoms with Crippen LogP contribution in [0.3, 0.4) is 0 Å². The van der Waals surface area contributed by atoms with Crippen molar-refractivity contribution in [1.29, 1.82) is 0 Å². The fourth-order valence-corrected chi connectivity index (χ4v) is 5.21. The molecule has 0 aliphatic carbocycles. The number of benzene rings is 2. The maximum absolute atomic E-state index is 14.9. The Morgan fingerprint density at radius 2 is 1.82 bits per heavy atom. The molecule has 0 fully saturated rings. The molecule has 39 heavy (non-hydrogen) atoms. The highest BCUT2D eigenvalue weighted by Crippen LogP contribution is 2.41. The van der Waals surface area contributed by atoms with E-state index in [-0.39, 0.29) is 29.6 Å². The van der Waals surface area contributed by atoms with Crippen molar-refractivity contribution < 1.29 is 27.3 Å². The summed E-state index contributed by atoms with van der Waals surface area (Å²) in [5, 5.41) is 3.07. The van der Waals surface area contributed by atoms with Gasteiger partial charge in [0.1, 0.15) is 23.0 Å². The fourth-order valence-electron chi connectivity index (χ4n) is 4.29. The van der Waals surface area contributed by atoms with Crippen molar-refractivity contribution in [3.63, 3.8) is 0 Å². The summed E-state index contributed by atoms with van der Waals surface area (Å²) in [6, 6.07) is 9.07. The highest BCUT2D eigenvalue weighted by atomic mass is 32.2. The van der Waals surface area contributed by atoms with E-state index >= 15 is 0 Å². The monoisotopic (exact) mass is 559 g/mol. The van der Waals surface area contributed by atoms with E-state index in [4.69, 9.17) is 15.2 Å². The Balaban J connectivity index is 1.85. The van der Waals surface area contributed by atoms with Gasteiger partial charge in [-0.15, -0.1) is 0 Å². The van der Waals surface area contributed by atoms with Gasteiger partial charge in [0, 0.05) is 45.7 Å². The molecule has 1 aliphatic heterocycles. The number of ether oxygens (including phenoxy) is 2. The van der Waals surface area contributed by atoms with Crippen LogP contribution in [0.4, 0.5) is 20.4 Å². The number of aromatic nitrogens is 2. The second kappa shape index (κ2) is 11.1. The molecule has 4 rings (SSSR count). The highest BCUT2D eigenvalue weighted by Gasteiger charge is 2.48. The van der Waals surface area contributed by atoms with Crippen LogP contribution in [0.2, 0.25) is 0 Å². The fraction of sp³-hybridized carbons (Fsp3) is 0.370. The molecule has 2 heterocycles. The molecule has 2 atom stereocenters. The number of carbonyl (C=O) groups excluding carboxylic acids is 1. The molecule has 9 nitrogen and oxygen atoms in total. The molecule has 0 radical (unpaired) electrons. The van der Waals surface area contributed by atoms with E-state index in [1.165, 1.54) is 24.5 Å². The van der Waals surface area contributed by atoms with Crippen molar-refractivity contribution in [3.8, 4) is 22.8 Å². The quantitative estimate of drug-likeness (QED) is 0.401. The number of hydrogen-bond acceptors (Lipinski definition) is 8. The maximum Gasteiger partial charge on any atom is 0.246 e. The molecule has 1 amide bonds. The number of rotatable bonds is 4. The largest absolute Gasteiger partial charge is 0.494 e. The molecular weight excluding hydrogens is 528 g/mol. The van der Waals surface area contributed by atoms with Crippen LogP contribution in [-0.2, 0) is 20.8 Å². The topological polar surface area (TPSA) is 129 Å². The zero-order chi connectivity index (χ0) is 28.4. The summed E-state index contributed by atoms with van der Waals surface area (Å²) >= 11 is 0. The van der Waals surface area contributed by atoms with Crippen LogP contribution in [0.15, 0.2) is 47.0 Å². The molecule has 208 valence electrons. The van der Waals surface area contributed by atoms with Crippen LogP contribution < -0.4 is 20.5 Å². The number of nitrogens with two attached hydrogens (primary N) is 1. The van der Waals surface area contributed by atoms with E-state index in [9.17, 15) is 17.8 Å². The smallest absolute Gasteiger partial charge is 0.246 e. The van der Waals surface area contributed by atoms with Crippen LogP contribution in [-0.4, -0.2) is 45.1 Å². The van der Waals surface area contributed by atoms with Crippen LogP contribution >= 0.6 is 0 Å². The van der Waals surface area contributed by atoms with Crippen LogP contribution in [0, 0.1) is 11.6 Å². The van der Waals surface area contributed by atoms with Crippen LogP contribution in [0.5, 0.6) is 11.5 Å². The Morgan fingerprint density at radius 1 is 1.10 bits per heavy atom. The van der Waals surface area contributed by atoms with Crippen molar-refractivity contribution in [2.45, 2.75) is 44.6 Å². The summed E-state index contributed by atoms with van der Waals surface area (Å²) in [7, 11) is -2.03. The van der Waals surface area contributed by atoms with E-state index in [0.717, 1.165) is 6.20 Å². The lowest BCUT2D eigenvalue weighted by Gasteiger charge is -2.39. The first-order chi connectivity index (χ1) is 18.4. The van der Waals surface area contributed by atoms with Crippen molar-refractivity contribution in [2.75, 3.05) is 24.8 Å². The number of halogens is 2. The highest BCUT2D eigenvalue weighted by molar-refractivity contribution is 7.74. The van der Waals surface area contributed by atoms with Gasteiger partial charge in [-0.25, -0.2) is 23.1 Å². The Hall–Kier alpha value is -3.80. The third-order valence-electron chi connectivity index (χ3n) is 6.93. The lowest BCUT2D eigenvalue weighted by Crippen LogP contribution is -2.53. The lowest BCUT2D eigenvalue weighted by atomic mass is 9.68. The second-order valence-electron chi connectivity index (χ2n) is 9.93. The molecule has 0 saturated heterocycles. The maximum atomic E-state index is 14.9. The van der Waals surface area contributed by atoms with Gasteiger partial charge < -0.3 is 20.5 Å². The molecule has 1 aliphatic rings. The SMILES string of the molecule is C/[SH](=O)=N/[C@](C)(C(N)=O)C(C)(C)c1cc2cc(c1)OCCCCOc1cc(F)ccc1-c1nc(ncc1F)N2. The van der Waals surface area contributed by atoms with E-state index in [1.54, 1.807) is 39.0 Å². The van der Waals surface area contributed by atoms with Gasteiger partial charge in [-0.05, 0) is 49.6 Å². The first-order valence-corrected chi connectivity index (χ1v) is 14.0. The van der Waals surface area contributed by atoms with Crippen LogP contribution in [0.25, 0.3) is 11.3 Å². The van der Waals surface area contributed by atoms with Gasteiger partial charge >= 0.3 is 0 Å². The number of thiol groups is 1. The molecular formula is C27H31F2N5O4S. The average molecular weight is 560 g/mol. The number of carbonyl (C=O) groups is 1. The zero-order valence-corrected chi connectivity index (χ0v) is 23.0. The summed E-state index contributed by atoms with van der Waals surface area (Å²) < 4.78 is 56.9. The van der Waals surface area contributed by atoms with Crippen molar-refractivity contribution in [3.05, 3.63) is 59.8 Å². The Kier molecular flexibility index (Phi) is 8.05. The number of primary amides is 1. The minimum atomic E-state index is -2.03. The number of nitrogens with zero attached hydrogens (tertiary/aromatic N) is 3. The second-order valence-corrected chi connectivity index (χ2v) is 11.1. The van der Waals surface area contributed by atoms with E-state index < -0.39 is 39.1 Å². The third-order valence-corrected chi connectivity index (χ3v) is 7.61. The number of hydrogen-bond donors (Lipinski definition) is 3.